The molecule has 148 valence electrons. The van der Waals surface area contributed by atoms with Crippen LogP contribution in [0.5, 0.6) is 0 Å². The normalized spacial score (nSPS) is 16.4. The van der Waals surface area contributed by atoms with Gasteiger partial charge in [-0.05, 0) is 61.1 Å². The summed E-state index contributed by atoms with van der Waals surface area (Å²) < 4.78 is 5.62. The van der Waals surface area contributed by atoms with Gasteiger partial charge in [0, 0.05) is 36.1 Å². The minimum absolute atomic E-state index is 0.196. The monoisotopic (exact) mass is 425 g/mol. The van der Waals surface area contributed by atoms with Crippen LogP contribution in [-0.2, 0) is 0 Å². The van der Waals surface area contributed by atoms with Gasteiger partial charge in [0.15, 0.2) is 5.11 Å². The minimum atomic E-state index is -0.196. The number of halogens is 1. The number of nitrogens with zero attached hydrogens (tertiary/aromatic N) is 3. The van der Waals surface area contributed by atoms with Gasteiger partial charge in [-0.15, -0.1) is 0 Å². The second-order valence-corrected chi connectivity index (χ2v) is 7.83. The van der Waals surface area contributed by atoms with Gasteiger partial charge in [-0.2, -0.15) is 4.98 Å². The number of rotatable bonds is 4. The average Bonchev–Trinajstić information content (AvgIpc) is 3.17. The van der Waals surface area contributed by atoms with Crippen LogP contribution in [0.15, 0.2) is 58.8 Å². The summed E-state index contributed by atoms with van der Waals surface area (Å²) in [6.45, 7) is 1.95. The molecule has 29 heavy (non-hydrogen) atoms. The zero-order chi connectivity index (χ0) is 20.5. The Bertz CT molecular complexity index is 1070. The van der Waals surface area contributed by atoms with Gasteiger partial charge in [0.2, 0.25) is 5.82 Å². The summed E-state index contributed by atoms with van der Waals surface area (Å²) in [7, 11) is 4.03. The quantitative estimate of drug-likeness (QED) is 0.600. The first-order chi connectivity index (χ1) is 13.9. The summed E-state index contributed by atoms with van der Waals surface area (Å²) >= 11 is 11.4. The van der Waals surface area contributed by atoms with Crippen molar-refractivity contribution in [3.05, 3.63) is 70.7 Å². The van der Waals surface area contributed by atoms with E-state index >= 15 is 0 Å². The van der Waals surface area contributed by atoms with Crippen LogP contribution in [0.3, 0.4) is 0 Å². The number of thiocarbonyl (C=S) groups is 1. The van der Waals surface area contributed by atoms with Crippen LogP contribution in [0, 0.1) is 0 Å². The number of hydrogen-bond donors (Lipinski definition) is 2. The summed E-state index contributed by atoms with van der Waals surface area (Å²) in [5, 5.41) is 11.9. The molecule has 0 bridgehead atoms. The maximum Gasteiger partial charge on any atom is 0.258 e. The van der Waals surface area contributed by atoms with Crippen LogP contribution in [0.1, 0.15) is 24.4 Å². The van der Waals surface area contributed by atoms with Crippen molar-refractivity contribution >= 4 is 40.2 Å². The summed E-state index contributed by atoms with van der Waals surface area (Å²) in [6.07, 6.45) is 0. The molecule has 0 radical (unpaired) electrons. The van der Waals surface area contributed by atoms with E-state index in [9.17, 15) is 0 Å². The third-order valence-electron chi connectivity index (χ3n) is 4.77. The SMILES string of the molecule is CC1=C(c2nc(-c3ccc(Cl)cc3)no2)C(c2ccc(N(C)C)cc2)NC(=S)N1. The average molecular weight is 426 g/mol. The molecule has 2 heterocycles. The number of nitrogens with one attached hydrogen (secondary N) is 2. The summed E-state index contributed by atoms with van der Waals surface area (Å²) in [5.41, 5.74) is 4.75. The molecular weight excluding hydrogens is 406 g/mol. The van der Waals surface area contributed by atoms with Crippen LogP contribution < -0.4 is 15.5 Å². The molecule has 4 rings (SSSR count). The molecule has 0 saturated heterocycles. The lowest BCUT2D eigenvalue weighted by Crippen LogP contribution is -2.42. The number of aromatic nitrogens is 2. The highest BCUT2D eigenvalue weighted by Gasteiger charge is 2.30. The molecule has 1 aliphatic heterocycles. The highest BCUT2D eigenvalue weighted by molar-refractivity contribution is 7.80. The molecule has 2 N–H and O–H groups in total. The lowest BCUT2D eigenvalue weighted by molar-refractivity contribution is 0.403. The van der Waals surface area contributed by atoms with Gasteiger partial charge in [-0.1, -0.05) is 28.9 Å². The van der Waals surface area contributed by atoms with E-state index in [0.29, 0.717) is 21.9 Å². The Labute approximate surface area is 179 Å². The highest BCUT2D eigenvalue weighted by Crippen LogP contribution is 2.35. The second kappa shape index (κ2) is 7.85. The predicted molar refractivity (Wildman–Crippen MR) is 120 cm³/mol. The molecule has 0 aliphatic carbocycles. The third-order valence-corrected chi connectivity index (χ3v) is 5.24. The number of benzene rings is 2. The van der Waals surface area contributed by atoms with Crippen molar-refractivity contribution in [2.45, 2.75) is 13.0 Å². The number of allylic oxidation sites excluding steroid dienone is 1. The Balaban J connectivity index is 1.72. The summed E-state index contributed by atoms with van der Waals surface area (Å²) in [5.74, 6) is 0.948. The van der Waals surface area contributed by atoms with Crippen molar-refractivity contribution in [2.24, 2.45) is 0 Å². The number of hydrogen-bond acceptors (Lipinski definition) is 5. The standard InChI is InChI=1S/C21H20ClN5OS/c1-12-17(20-25-19(26-28-20)14-4-8-15(22)9-5-14)18(24-21(29)23-12)13-6-10-16(11-7-13)27(2)3/h4-11,18H,1-3H3,(H2,23,24,29). The van der Waals surface area contributed by atoms with E-state index < -0.39 is 0 Å². The Morgan fingerprint density at radius 3 is 2.41 bits per heavy atom. The van der Waals surface area contributed by atoms with E-state index in [-0.39, 0.29) is 6.04 Å². The topological polar surface area (TPSA) is 66.2 Å². The molecule has 3 aromatic rings. The van der Waals surface area contributed by atoms with Gasteiger partial charge < -0.3 is 20.1 Å². The first kappa shape index (κ1) is 19.4. The largest absolute Gasteiger partial charge is 0.378 e. The molecule has 2 aromatic carbocycles. The fourth-order valence-electron chi connectivity index (χ4n) is 3.24. The third kappa shape index (κ3) is 3.97. The van der Waals surface area contributed by atoms with Gasteiger partial charge in [-0.3, -0.25) is 0 Å². The highest BCUT2D eigenvalue weighted by atomic mass is 35.5. The van der Waals surface area contributed by atoms with Crippen molar-refractivity contribution < 1.29 is 4.52 Å². The fraction of sp³-hybridized carbons (Fsp3) is 0.190. The van der Waals surface area contributed by atoms with Crippen molar-refractivity contribution in [3.63, 3.8) is 0 Å². The van der Waals surface area contributed by atoms with Crippen LogP contribution in [0.4, 0.5) is 5.69 Å². The van der Waals surface area contributed by atoms with Crippen LogP contribution >= 0.6 is 23.8 Å². The lowest BCUT2D eigenvalue weighted by Gasteiger charge is -2.29. The zero-order valence-corrected chi connectivity index (χ0v) is 17.8. The van der Waals surface area contributed by atoms with Crippen molar-refractivity contribution in [1.82, 2.24) is 20.8 Å². The Morgan fingerprint density at radius 2 is 1.76 bits per heavy atom. The fourth-order valence-corrected chi connectivity index (χ4v) is 3.64. The van der Waals surface area contributed by atoms with E-state index in [4.69, 9.17) is 28.3 Å². The molecule has 6 nitrogen and oxygen atoms in total. The molecule has 0 fully saturated rings. The molecular formula is C21H20ClN5OS. The minimum Gasteiger partial charge on any atom is -0.378 e. The van der Waals surface area contributed by atoms with E-state index in [1.807, 2.05) is 33.2 Å². The Kier molecular flexibility index (Phi) is 5.25. The van der Waals surface area contributed by atoms with Crippen LogP contribution in [0.2, 0.25) is 5.02 Å². The van der Waals surface area contributed by atoms with Gasteiger partial charge in [-0.25, -0.2) is 0 Å². The molecule has 0 saturated carbocycles. The summed E-state index contributed by atoms with van der Waals surface area (Å²) in [4.78, 5) is 6.68. The van der Waals surface area contributed by atoms with Crippen molar-refractivity contribution in [1.29, 1.82) is 0 Å². The van der Waals surface area contributed by atoms with Gasteiger partial charge >= 0.3 is 0 Å². The van der Waals surface area contributed by atoms with Crippen molar-refractivity contribution in [2.75, 3.05) is 19.0 Å². The van der Waals surface area contributed by atoms with Gasteiger partial charge in [0.25, 0.3) is 5.89 Å². The molecule has 1 unspecified atom stereocenters. The first-order valence-electron chi connectivity index (χ1n) is 9.08. The van der Waals surface area contributed by atoms with E-state index in [1.165, 1.54) is 0 Å². The Morgan fingerprint density at radius 1 is 1.07 bits per heavy atom. The van der Waals surface area contributed by atoms with Crippen LogP contribution in [0.25, 0.3) is 17.0 Å². The molecule has 1 aromatic heterocycles. The molecule has 0 spiro atoms. The predicted octanol–water partition coefficient (Wildman–Crippen LogP) is 4.41. The first-order valence-corrected chi connectivity index (χ1v) is 9.86. The van der Waals surface area contributed by atoms with E-state index in [2.05, 4.69) is 49.9 Å². The van der Waals surface area contributed by atoms with E-state index in [0.717, 1.165) is 28.1 Å². The lowest BCUT2D eigenvalue weighted by atomic mass is 9.95. The maximum atomic E-state index is 5.97. The van der Waals surface area contributed by atoms with Gasteiger partial charge in [0.05, 0.1) is 11.6 Å². The van der Waals surface area contributed by atoms with Gasteiger partial charge in [0.1, 0.15) is 0 Å². The maximum absolute atomic E-state index is 5.97. The molecule has 8 heteroatoms. The van der Waals surface area contributed by atoms with Crippen molar-refractivity contribution in [3.8, 4) is 11.4 Å². The van der Waals surface area contributed by atoms with Crippen LogP contribution in [-0.4, -0.2) is 29.3 Å². The number of anilines is 1. The molecule has 1 atom stereocenters. The smallest absolute Gasteiger partial charge is 0.258 e. The second-order valence-electron chi connectivity index (χ2n) is 6.99. The zero-order valence-electron chi connectivity index (χ0n) is 16.2. The Hall–Kier alpha value is -2.90. The summed E-state index contributed by atoms with van der Waals surface area (Å²) in [6, 6.07) is 15.4. The van der Waals surface area contributed by atoms with E-state index in [1.54, 1.807) is 12.1 Å². The molecule has 1 aliphatic rings. The molecule has 0 amide bonds.